The highest BCUT2D eigenvalue weighted by Crippen LogP contribution is 2.47. The van der Waals surface area contributed by atoms with Crippen molar-refractivity contribution in [3.05, 3.63) is 48.5 Å². The van der Waals surface area contributed by atoms with Crippen molar-refractivity contribution in [1.29, 1.82) is 0 Å². The number of anilines is 2. The number of hydrogen-bond donors (Lipinski definition) is 4. The highest BCUT2D eigenvalue weighted by molar-refractivity contribution is 7.99. The maximum absolute atomic E-state index is 12.0. The number of para-hydroxylation sites is 2. The van der Waals surface area contributed by atoms with Crippen LogP contribution in [0.4, 0.5) is 16.2 Å². The fourth-order valence-electron chi connectivity index (χ4n) is 3.35. The molecule has 2 aromatic rings. The summed E-state index contributed by atoms with van der Waals surface area (Å²) in [6.45, 7) is 3.72. The van der Waals surface area contributed by atoms with Crippen LogP contribution in [-0.4, -0.2) is 50.7 Å². The maximum Gasteiger partial charge on any atom is 0.495 e. The van der Waals surface area contributed by atoms with E-state index in [-0.39, 0.29) is 18.7 Å². The van der Waals surface area contributed by atoms with E-state index in [4.69, 9.17) is 4.43 Å². The Morgan fingerprint density at radius 1 is 1.00 bits per heavy atom. The van der Waals surface area contributed by atoms with Gasteiger partial charge >= 0.3 is 14.8 Å². The quantitative estimate of drug-likeness (QED) is 0.255. The lowest BCUT2D eigenvalue weighted by Crippen LogP contribution is -2.41. The summed E-state index contributed by atoms with van der Waals surface area (Å²) in [6, 6.07) is 16.7. The van der Waals surface area contributed by atoms with E-state index in [1.165, 1.54) is 21.2 Å². The molecule has 0 saturated heterocycles. The van der Waals surface area contributed by atoms with Gasteiger partial charge in [-0.2, -0.15) is 0 Å². The number of urea groups is 1. The molecule has 0 aromatic heterocycles. The zero-order valence-electron chi connectivity index (χ0n) is 17.1. The lowest BCUT2D eigenvalue weighted by Gasteiger charge is -2.21. The average molecular weight is 448 g/mol. The number of benzene rings is 2. The summed E-state index contributed by atoms with van der Waals surface area (Å²) in [5.41, 5.74) is 2.39. The van der Waals surface area contributed by atoms with Gasteiger partial charge in [0.1, 0.15) is 6.54 Å². The van der Waals surface area contributed by atoms with E-state index < -0.39 is 8.80 Å². The van der Waals surface area contributed by atoms with Crippen molar-refractivity contribution in [3.8, 4) is 0 Å². The minimum absolute atomic E-state index is 0.174. The molecule has 0 saturated carbocycles. The van der Waals surface area contributed by atoms with Crippen LogP contribution in [0.15, 0.2) is 58.3 Å². The highest BCUT2D eigenvalue weighted by Gasteiger charge is 2.33. The molecule has 0 atom stereocenters. The summed E-state index contributed by atoms with van der Waals surface area (Å²) in [5, 5.41) is 5.61. The lowest BCUT2D eigenvalue weighted by atomic mass is 10.2. The van der Waals surface area contributed by atoms with Crippen LogP contribution >= 0.6 is 11.8 Å². The van der Waals surface area contributed by atoms with E-state index in [9.17, 15) is 14.4 Å². The van der Waals surface area contributed by atoms with Gasteiger partial charge in [0.25, 0.3) is 0 Å². The fraction of sp³-hybridized carbons (Fsp3) is 0.381. The van der Waals surface area contributed by atoms with Crippen molar-refractivity contribution in [2.45, 2.75) is 35.6 Å². The Balaban J connectivity index is 1.42. The van der Waals surface area contributed by atoms with Crippen LogP contribution in [0.2, 0.25) is 6.04 Å². The first-order chi connectivity index (χ1) is 14.5. The van der Waals surface area contributed by atoms with Gasteiger partial charge in [0.2, 0.25) is 11.4 Å². The molecule has 2 aromatic carbocycles. The standard InChI is InChI=1S/C21H29N3O4SSi/c1-2-28-30(26,27)16-8-14-23-21(25)22-13-7-15-24-17-9-3-5-11-19(17)29-20-12-6-4-10-18(20)24/h3-6,9-12,26-27H,2,7-8,13-16H2,1H3,(H2,22,23,25)/q+1. The lowest BCUT2D eigenvalue weighted by molar-refractivity contribution is 0.155. The van der Waals surface area contributed by atoms with Gasteiger partial charge in [-0.3, -0.25) is 0 Å². The second kappa shape index (κ2) is 10.9. The summed E-state index contributed by atoms with van der Waals surface area (Å²) in [6.07, 6.45) is 1.26. The van der Waals surface area contributed by atoms with Crippen molar-refractivity contribution in [1.82, 2.24) is 15.5 Å². The number of carbonyl (C=O) groups excluding carboxylic acids is 1. The maximum atomic E-state index is 12.0. The van der Waals surface area contributed by atoms with E-state index in [0.717, 1.165) is 13.0 Å². The Bertz CT molecular complexity index is 807. The molecule has 0 spiro atoms. The van der Waals surface area contributed by atoms with E-state index in [2.05, 4.69) is 51.9 Å². The zero-order chi connectivity index (χ0) is 21.4. The largest absolute Gasteiger partial charge is 0.495 e. The molecule has 161 valence electrons. The van der Waals surface area contributed by atoms with Crippen molar-refractivity contribution in [2.24, 2.45) is 0 Å². The number of hydrogen-bond acceptors (Lipinski definition) is 6. The molecule has 0 aliphatic carbocycles. The zero-order valence-corrected chi connectivity index (χ0v) is 19.0. The van der Waals surface area contributed by atoms with Gasteiger partial charge in [0, 0.05) is 44.3 Å². The molecule has 3 rings (SSSR count). The molecule has 1 aliphatic rings. The van der Waals surface area contributed by atoms with Gasteiger partial charge in [-0.1, -0.05) is 40.9 Å². The first-order valence-corrected chi connectivity index (χ1v) is 13.1. The van der Waals surface area contributed by atoms with E-state index >= 15 is 0 Å². The van der Waals surface area contributed by atoms with Crippen molar-refractivity contribution in [2.75, 3.05) is 26.2 Å². The molecule has 0 unspecified atom stereocenters. The van der Waals surface area contributed by atoms with Gasteiger partial charge in [0.15, 0.2) is 0 Å². The number of rotatable bonds is 10. The molecule has 4 N–H and O–H groups in total. The molecule has 30 heavy (non-hydrogen) atoms. The normalized spacial score (nSPS) is 13.4. The van der Waals surface area contributed by atoms with Crippen LogP contribution in [0.5, 0.6) is 0 Å². The molecule has 0 bridgehead atoms. The smallest absolute Gasteiger partial charge is 0.390 e. The summed E-state index contributed by atoms with van der Waals surface area (Å²) < 4.78 is 4.94. The van der Waals surface area contributed by atoms with E-state index in [1.54, 1.807) is 18.7 Å². The first-order valence-electron chi connectivity index (χ1n) is 10.2. The summed E-state index contributed by atoms with van der Waals surface area (Å²) >= 11 is 1.78. The molecule has 1 aliphatic heterocycles. The third kappa shape index (κ3) is 6.31. The van der Waals surface area contributed by atoms with Crippen LogP contribution in [-0.2, 0) is 4.43 Å². The van der Waals surface area contributed by atoms with Crippen LogP contribution in [0, 0.1) is 0 Å². The molecular formula is C21H29N3O4SSi+. The molecule has 7 nitrogen and oxygen atoms in total. The Labute approximate surface area is 182 Å². The molecule has 9 heteroatoms. The van der Waals surface area contributed by atoms with Gasteiger partial charge in [-0.05, 0) is 25.5 Å². The summed E-state index contributed by atoms with van der Waals surface area (Å²) in [4.78, 5) is 36.0. The Morgan fingerprint density at radius 3 is 2.17 bits per heavy atom. The van der Waals surface area contributed by atoms with Gasteiger partial charge < -0.3 is 24.7 Å². The summed E-state index contributed by atoms with van der Waals surface area (Å²) in [7, 11) is -3.56. The highest BCUT2D eigenvalue weighted by atomic mass is 32.2. The number of amides is 2. The molecule has 1 radical (unpaired) electrons. The topological polar surface area (TPSA) is 96.7 Å². The summed E-state index contributed by atoms with van der Waals surface area (Å²) in [5.74, 6) is 0. The Morgan fingerprint density at radius 2 is 1.57 bits per heavy atom. The number of nitrogens with zero attached hydrogens (tertiary/aromatic N) is 1. The second-order valence-electron chi connectivity index (χ2n) is 7.01. The molecule has 0 fully saturated rings. The van der Waals surface area contributed by atoms with Crippen LogP contribution in [0.3, 0.4) is 0 Å². The van der Waals surface area contributed by atoms with Gasteiger partial charge in [-0.25, -0.2) is 4.79 Å². The monoisotopic (exact) mass is 447 g/mol. The first kappa shape index (κ1) is 22.8. The average Bonchev–Trinajstić information content (AvgIpc) is 2.73. The predicted octanol–water partition coefficient (Wildman–Crippen LogP) is 3.29. The minimum atomic E-state index is -3.56. The third-order valence-electron chi connectivity index (χ3n) is 4.72. The van der Waals surface area contributed by atoms with Crippen molar-refractivity contribution >= 4 is 38.0 Å². The Hall–Kier alpha value is -1.88. The molecule has 1 heterocycles. The van der Waals surface area contributed by atoms with Crippen molar-refractivity contribution in [3.63, 3.8) is 0 Å². The molecule has 2 amide bonds. The van der Waals surface area contributed by atoms with E-state index in [1.807, 2.05) is 12.1 Å². The number of nitrogens with one attached hydrogen (secondary N) is 2. The van der Waals surface area contributed by atoms with Crippen molar-refractivity contribution < 1.29 is 18.8 Å². The SMILES string of the molecule is CCO[Si](O)(O)CCCNC(=O)NCCC[N+]1c2ccccc2Sc2ccccc21. The second-order valence-corrected chi connectivity index (χ2v) is 10.4. The third-order valence-corrected chi connectivity index (χ3v) is 7.60. The number of fused-ring (bicyclic) bond motifs is 2. The van der Waals surface area contributed by atoms with Crippen LogP contribution < -0.4 is 15.5 Å². The minimum Gasteiger partial charge on any atom is -0.390 e. The van der Waals surface area contributed by atoms with Crippen LogP contribution in [0.25, 0.3) is 0 Å². The Kier molecular flexibility index (Phi) is 8.31. The predicted molar refractivity (Wildman–Crippen MR) is 121 cm³/mol. The van der Waals surface area contributed by atoms with E-state index in [0.29, 0.717) is 19.5 Å². The number of carbonyl (C=O) groups is 1. The van der Waals surface area contributed by atoms with Gasteiger partial charge in [0.05, 0.1) is 9.79 Å². The fourth-order valence-corrected chi connectivity index (χ4v) is 5.69. The molecular weight excluding hydrogens is 418 g/mol. The van der Waals surface area contributed by atoms with Gasteiger partial charge in [-0.15, -0.1) is 0 Å². The van der Waals surface area contributed by atoms with Crippen LogP contribution in [0.1, 0.15) is 19.8 Å².